The maximum absolute atomic E-state index is 13.3. The van der Waals surface area contributed by atoms with Crippen molar-refractivity contribution >= 4 is 55.8 Å². The highest BCUT2D eigenvalue weighted by atomic mass is 35.5. The Labute approximate surface area is 157 Å². The molecule has 1 aliphatic heterocycles. The first-order chi connectivity index (χ1) is 12.5. The molecule has 0 spiro atoms. The van der Waals surface area contributed by atoms with Crippen molar-refractivity contribution in [2.45, 2.75) is 6.42 Å². The van der Waals surface area contributed by atoms with Crippen LogP contribution in [-0.2, 0) is 9.59 Å². The van der Waals surface area contributed by atoms with E-state index in [4.69, 9.17) is 11.6 Å². The van der Waals surface area contributed by atoms with Crippen molar-refractivity contribution in [1.29, 1.82) is 0 Å². The fraction of sp³-hybridized carbons (Fsp3) is 0.167. The van der Waals surface area contributed by atoms with E-state index < -0.39 is 11.7 Å². The van der Waals surface area contributed by atoms with Gasteiger partial charge in [-0.1, -0.05) is 35.1 Å². The molecule has 4 rings (SSSR count). The zero-order chi connectivity index (χ0) is 18.3. The second kappa shape index (κ2) is 6.66. The third-order valence-corrected chi connectivity index (χ3v) is 5.48. The lowest BCUT2D eigenvalue weighted by Gasteiger charge is -2.17. The monoisotopic (exact) mass is 389 g/mol. The number of amides is 2. The van der Waals surface area contributed by atoms with E-state index in [1.807, 2.05) is 24.3 Å². The van der Waals surface area contributed by atoms with Crippen LogP contribution in [0.3, 0.4) is 0 Å². The predicted octanol–water partition coefficient (Wildman–Crippen LogP) is 4.08. The number of rotatable bonds is 3. The Bertz CT molecular complexity index is 990. The lowest BCUT2D eigenvalue weighted by molar-refractivity contribution is -0.122. The molecule has 1 atom stereocenters. The molecular weight excluding hydrogens is 377 g/mol. The lowest BCUT2D eigenvalue weighted by Crippen LogP contribution is -2.28. The van der Waals surface area contributed by atoms with Gasteiger partial charge >= 0.3 is 0 Å². The topological polar surface area (TPSA) is 62.3 Å². The first-order valence-electron chi connectivity index (χ1n) is 7.93. The molecule has 132 valence electrons. The van der Waals surface area contributed by atoms with Crippen LogP contribution in [0, 0.1) is 11.7 Å². The van der Waals surface area contributed by atoms with Gasteiger partial charge in [0.05, 0.1) is 21.2 Å². The van der Waals surface area contributed by atoms with Crippen LogP contribution in [0.1, 0.15) is 6.42 Å². The van der Waals surface area contributed by atoms with Crippen molar-refractivity contribution in [3.8, 4) is 0 Å². The van der Waals surface area contributed by atoms with Gasteiger partial charge in [0.25, 0.3) is 0 Å². The SMILES string of the molecule is O=C(Nc1nc2ccccc2s1)C1CC(=O)N(c2ccc(F)c(Cl)c2)C1. The minimum Gasteiger partial charge on any atom is -0.312 e. The Morgan fingerprint density at radius 1 is 1.31 bits per heavy atom. The molecule has 2 amide bonds. The number of thiazole rings is 1. The van der Waals surface area contributed by atoms with E-state index in [-0.39, 0.29) is 29.8 Å². The maximum Gasteiger partial charge on any atom is 0.231 e. The van der Waals surface area contributed by atoms with Crippen molar-refractivity contribution in [2.75, 3.05) is 16.8 Å². The molecule has 2 aromatic carbocycles. The molecule has 1 saturated heterocycles. The van der Waals surface area contributed by atoms with Crippen LogP contribution in [0.15, 0.2) is 42.5 Å². The minimum atomic E-state index is -0.549. The van der Waals surface area contributed by atoms with Crippen LogP contribution >= 0.6 is 22.9 Å². The van der Waals surface area contributed by atoms with Crippen LogP contribution in [-0.4, -0.2) is 23.3 Å². The first kappa shape index (κ1) is 16.9. The highest BCUT2D eigenvalue weighted by molar-refractivity contribution is 7.22. The molecular formula is C18H13ClFN3O2S. The van der Waals surface area contributed by atoms with E-state index in [9.17, 15) is 14.0 Å². The Morgan fingerprint density at radius 3 is 2.88 bits per heavy atom. The molecule has 5 nitrogen and oxygen atoms in total. The van der Waals surface area contributed by atoms with Gasteiger partial charge in [0, 0.05) is 18.7 Å². The highest BCUT2D eigenvalue weighted by Crippen LogP contribution is 2.30. The number of anilines is 2. The smallest absolute Gasteiger partial charge is 0.231 e. The molecule has 0 saturated carbocycles. The van der Waals surface area contributed by atoms with Crippen LogP contribution in [0.25, 0.3) is 10.2 Å². The number of fused-ring (bicyclic) bond motifs is 1. The molecule has 26 heavy (non-hydrogen) atoms. The summed E-state index contributed by atoms with van der Waals surface area (Å²) in [6, 6.07) is 11.7. The molecule has 8 heteroatoms. The van der Waals surface area contributed by atoms with E-state index in [1.54, 1.807) is 0 Å². The quantitative estimate of drug-likeness (QED) is 0.734. The number of aromatic nitrogens is 1. The molecule has 1 N–H and O–H groups in total. The maximum atomic E-state index is 13.3. The van der Waals surface area contributed by atoms with Crippen LogP contribution in [0.4, 0.5) is 15.2 Å². The lowest BCUT2D eigenvalue weighted by atomic mass is 10.1. The Balaban J connectivity index is 1.48. The molecule has 1 unspecified atom stereocenters. The molecule has 2 heterocycles. The van der Waals surface area contributed by atoms with Gasteiger partial charge in [-0.25, -0.2) is 9.37 Å². The summed E-state index contributed by atoms with van der Waals surface area (Å²) in [6.07, 6.45) is 0.0890. The third-order valence-electron chi connectivity index (χ3n) is 4.23. The van der Waals surface area contributed by atoms with Gasteiger partial charge in [-0.05, 0) is 30.3 Å². The van der Waals surface area contributed by atoms with Gasteiger partial charge in [-0.3, -0.25) is 9.59 Å². The average Bonchev–Trinajstić information content (AvgIpc) is 3.20. The molecule has 1 fully saturated rings. The van der Waals surface area contributed by atoms with Gasteiger partial charge in [0.2, 0.25) is 11.8 Å². The Morgan fingerprint density at radius 2 is 2.12 bits per heavy atom. The van der Waals surface area contributed by atoms with E-state index in [0.29, 0.717) is 10.8 Å². The summed E-state index contributed by atoms with van der Waals surface area (Å²) in [5.41, 5.74) is 1.30. The number of carbonyl (C=O) groups excluding carboxylic acids is 2. The largest absolute Gasteiger partial charge is 0.312 e. The average molecular weight is 390 g/mol. The van der Waals surface area contributed by atoms with Gasteiger partial charge in [0.15, 0.2) is 5.13 Å². The van der Waals surface area contributed by atoms with Crippen molar-refractivity contribution in [1.82, 2.24) is 4.98 Å². The fourth-order valence-electron chi connectivity index (χ4n) is 2.92. The number of hydrogen-bond donors (Lipinski definition) is 1. The van der Waals surface area contributed by atoms with E-state index >= 15 is 0 Å². The second-order valence-corrected chi connectivity index (χ2v) is 7.42. The molecule has 1 aliphatic rings. The first-order valence-corrected chi connectivity index (χ1v) is 9.12. The number of para-hydroxylation sites is 1. The number of carbonyl (C=O) groups is 2. The summed E-state index contributed by atoms with van der Waals surface area (Å²) in [7, 11) is 0. The summed E-state index contributed by atoms with van der Waals surface area (Å²) in [5, 5.41) is 3.24. The highest BCUT2D eigenvalue weighted by Gasteiger charge is 2.35. The molecule has 0 aliphatic carbocycles. The number of nitrogens with zero attached hydrogens (tertiary/aromatic N) is 2. The van der Waals surface area contributed by atoms with Gasteiger partial charge in [-0.2, -0.15) is 0 Å². The fourth-order valence-corrected chi connectivity index (χ4v) is 3.96. The molecule has 0 radical (unpaired) electrons. The normalized spacial score (nSPS) is 17.1. The van der Waals surface area contributed by atoms with Crippen molar-refractivity contribution < 1.29 is 14.0 Å². The van der Waals surface area contributed by atoms with E-state index in [2.05, 4.69) is 10.3 Å². The summed E-state index contributed by atoms with van der Waals surface area (Å²) in [6.45, 7) is 0.220. The van der Waals surface area contributed by atoms with Crippen LogP contribution < -0.4 is 10.2 Å². The standard InChI is InChI=1S/C18H13ClFN3O2S/c19-12-8-11(5-6-13(12)20)23-9-10(7-16(23)24)17(25)22-18-21-14-3-1-2-4-15(14)26-18/h1-6,8,10H,7,9H2,(H,21,22,25). The Hall–Kier alpha value is -2.51. The summed E-state index contributed by atoms with van der Waals surface area (Å²) in [5.74, 6) is -1.50. The van der Waals surface area contributed by atoms with Gasteiger partial charge in [0.1, 0.15) is 5.82 Å². The minimum absolute atomic E-state index is 0.0577. The summed E-state index contributed by atoms with van der Waals surface area (Å²) < 4.78 is 14.3. The predicted molar refractivity (Wildman–Crippen MR) is 100 cm³/mol. The third kappa shape index (κ3) is 3.15. The number of benzene rings is 2. The molecule has 1 aromatic heterocycles. The summed E-state index contributed by atoms with van der Waals surface area (Å²) in [4.78, 5) is 30.6. The van der Waals surface area contributed by atoms with Crippen LogP contribution in [0.2, 0.25) is 5.02 Å². The van der Waals surface area contributed by atoms with Crippen molar-refractivity contribution in [3.05, 3.63) is 53.3 Å². The zero-order valence-electron chi connectivity index (χ0n) is 13.4. The molecule has 3 aromatic rings. The van der Waals surface area contributed by atoms with Crippen molar-refractivity contribution in [3.63, 3.8) is 0 Å². The van der Waals surface area contributed by atoms with E-state index in [0.717, 1.165) is 10.2 Å². The van der Waals surface area contributed by atoms with Gasteiger partial charge < -0.3 is 10.2 Å². The second-order valence-electron chi connectivity index (χ2n) is 5.98. The molecule has 0 bridgehead atoms. The number of hydrogen-bond acceptors (Lipinski definition) is 4. The number of halogens is 2. The van der Waals surface area contributed by atoms with Crippen LogP contribution in [0.5, 0.6) is 0 Å². The van der Waals surface area contributed by atoms with E-state index in [1.165, 1.54) is 34.4 Å². The Kier molecular flexibility index (Phi) is 4.34. The summed E-state index contributed by atoms with van der Waals surface area (Å²) >= 11 is 7.17. The zero-order valence-corrected chi connectivity index (χ0v) is 15.0. The van der Waals surface area contributed by atoms with Crippen molar-refractivity contribution in [2.24, 2.45) is 5.92 Å². The number of nitrogens with one attached hydrogen (secondary N) is 1. The van der Waals surface area contributed by atoms with Gasteiger partial charge in [-0.15, -0.1) is 0 Å².